The molecule has 0 radical (unpaired) electrons. The first kappa shape index (κ1) is 13.7. The molecule has 6 heteroatoms. The molecule has 2 rings (SSSR count). The molecule has 0 spiro atoms. The second-order valence-electron chi connectivity index (χ2n) is 5.38. The number of hydrogen-bond acceptors (Lipinski definition) is 5. The van der Waals surface area contributed by atoms with E-state index in [-0.39, 0.29) is 6.04 Å². The summed E-state index contributed by atoms with van der Waals surface area (Å²) in [6.45, 7) is 2.97. The zero-order valence-electron chi connectivity index (χ0n) is 11.2. The average Bonchev–Trinajstić information content (AvgIpc) is 2.27. The Morgan fingerprint density at radius 3 is 2.47 bits per heavy atom. The Morgan fingerprint density at radius 1 is 1.26 bits per heavy atom. The Hall–Kier alpha value is -1.72. The van der Waals surface area contributed by atoms with Gasteiger partial charge in [0.05, 0.1) is 0 Å². The number of amides is 1. The number of aliphatic hydroxyl groups is 1. The molecule has 0 bridgehead atoms. The quantitative estimate of drug-likeness (QED) is 0.586. The van der Waals surface area contributed by atoms with E-state index in [1.807, 2.05) is 0 Å². The van der Waals surface area contributed by atoms with Gasteiger partial charge in [-0.1, -0.05) is 19.3 Å². The van der Waals surface area contributed by atoms with E-state index in [9.17, 15) is 14.7 Å². The molecular formula is C13H19NO5. The van der Waals surface area contributed by atoms with Crippen LogP contribution in [0.5, 0.6) is 0 Å². The van der Waals surface area contributed by atoms with E-state index in [0.29, 0.717) is 0 Å². The Bertz CT molecular complexity index is 421. The summed E-state index contributed by atoms with van der Waals surface area (Å²) in [6, 6.07) is 0.0456. The maximum atomic E-state index is 12.0. The smallest absolute Gasteiger partial charge is 0.354 e. The number of carbonyl (C=O) groups is 2. The van der Waals surface area contributed by atoms with Gasteiger partial charge in [-0.25, -0.2) is 4.79 Å². The largest absolute Gasteiger partial charge is 0.480 e. The molecule has 1 fully saturated rings. The Morgan fingerprint density at radius 2 is 1.89 bits per heavy atom. The lowest BCUT2D eigenvalue weighted by atomic mass is 9.95. The Kier molecular flexibility index (Phi) is 3.68. The molecule has 0 aromatic rings. The number of ether oxygens (including phenoxy) is 2. The van der Waals surface area contributed by atoms with Crippen molar-refractivity contribution in [2.24, 2.45) is 0 Å². The first-order valence-electron chi connectivity index (χ1n) is 6.55. The molecule has 1 aliphatic heterocycles. The van der Waals surface area contributed by atoms with E-state index in [0.717, 1.165) is 25.7 Å². The Balaban J connectivity index is 2.07. The van der Waals surface area contributed by atoms with Crippen LogP contribution in [-0.2, 0) is 19.1 Å². The van der Waals surface area contributed by atoms with Crippen molar-refractivity contribution in [2.45, 2.75) is 57.8 Å². The van der Waals surface area contributed by atoms with Crippen molar-refractivity contribution in [3.8, 4) is 0 Å². The molecule has 1 amide bonds. The molecule has 1 heterocycles. The van der Waals surface area contributed by atoms with Crippen molar-refractivity contribution >= 4 is 11.9 Å². The van der Waals surface area contributed by atoms with Crippen molar-refractivity contribution in [2.75, 3.05) is 0 Å². The fourth-order valence-corrected chi connectivity index (χ4v) is 2.36. The summed E-state index contributed by atoms with van der Waals surface area (Å²) in [4.78, 5) is 23.7. The van der Waals surface area contributed by atoms with E-state index < -0.39 is 29.2 Å². The third kappa shape index (κ3) is 3.19. The number of hydrogen-bond donors (Lipinski definition) is 2. The maximum absolute atomic E-state index is 12.0. The highest BCUT2D eigenvalue weighted by molar-refractivity contribution is 6.16. The average molecular weight is 269 g/mol. The third-order valence-electron chi connectivity index (χ3n) is 3.27. The monoisotopic (exact) mass is 269 g/mol. The highest BCUT2D eigenvalue weighted by Gasteiger charge is 2.40. The summed E-state index contributed by atoms with van der Waals surface area (Å²) < 4.78 is 9.93. The van der Waals surface area contributed by atoms with Crippen molar-refractivity contribution < 1.29 is 24.2 Å². The van der Waals surface area contributed by atoms with Crippen molar-refractivity contribution in [1.82, 2.24) is 5.32 Å². The molecule has 2 aliphatic rings. The molecular weight excluding hydrogens is 250 g/mol. The second-order valence-corrected chi connectivity index (χ2v) is 5.38. The molecule has 1 aliphatic carbocycles. The van der Waals surface area contributed by atoms with Crippen LogP contribution < -0.4 is 5.32 Å². The molecule has 6 nitrogen and oxygen atoms in total. The van der Waals surface area contributed by atoms with Gasteiger partial charge in [-0.05, 0) is 12.8 Å². The van der Waals surface area contributed by atoms with Gasteiger partial charge in [0.2, 0.25) is 5.57 Å². The minimum absolute atomic E-state index is 0.0456. The Labute approximate surface area is 111 Å². The first-order valence-corrected chi connectivity index (χ1v) is 6.55. The van der Waals surface area contributed by atoms with Gasteiger partial charge in [0, 0.05) is 19.9 Å². The number of esters is 1. The number of rotatable bonds is 2. The van der Waals surface area contributed by atoms with Crippen LogP contribution in [0.2, 0.25) is 0 Å². The van der Waals surface area contributed by atoms with Gasteiger partial charge in [-0.2, -0.15) is 0 Å². The van der Waals surface area contributed by atoms with Crippen molar-refractivity contribution in [3.05, 3.63) is 11.5 Å². The molecule has 19 heavy (non-hydrogen) atoms. The minimum Gasteiger partial charge on any atom is -0.480 e. The summed E-state index contributed by atoms with van der Waals surface area (Å²) in [5.74, 6) is -3.42. The van der Waals surface area contributed by atoms with E-state index in [4.69, 9.17) is 9.47 Å². The summed E-state index contributed by atoms with van der Waals surface area (Å²) >= 11 is 0. The van der Waals surface area contributed by atoms with Crippen LogP contribution >= 0.6 is 0 Å². The van der Waals surface area contributed by atoms with E-state index in [1.165, 1.54) is 20.3 Å². The predicted octanol–water partition coefficient (Wildman–Crippen LogP) is 1.51. The first-order chi connectivity index (χ1) is 8.89. The molecule has 0 unspecified atom stereocenters. The van der Waals surface area contributed by atoms with Gasteiger partial charge in [0.15, 0.2) is 0 Å². The van der Waals surface area contributed by atoms with Crippen LogP contribution in [0.3, 0.4) is 0 Å². The molecule has 0 aromatic heterocycles. The third-order valence-corrected chi connectivity index (χ3v) is 3.27. The molecule has 106 valence electrons. The lowest BCUT2D eigenvalue weighted by molar-refractivity contribution is -0.221. The van der Waals surface area contributed by atoms with Gasteiger partial charge in [-0.3, -0.25) is 4.79 Å². The summed E-state index contributed by atoms with van der Waals surface area (Å²) in [6.07, 6.45) is 5.07. The number of nitrogens with one attached hydrogen (secondary N) is 1. The van der Waals surface area contributed by atoms with Crippen molar-refractivity contribution in [3.63, 3.8) is 0 Å². The van der Waals surface area contributed by atoms with Gasteiger partial charge < -0.3 is 19.9 Å². The standard InChI is InChI=1S/C13H19NO5/c1-13(2)18-11(16)9(12(17)19-13)10(15)14-8-6-4-3-5-7-8/h8,16H,3-7H2,1-2H3,(H,14,15). The predicted molar refractivity (Wildman–Crippen MR) is 65.9 cm³/mol. The SMILES string of the molecule is CC1(C)OC(=O)C(C(=O)NC2CCCCC2)=C(O)O1. The van der Waals surface area contributed by atoms with Gasteiger partial charge in [0.1, 0.15) is 0 Å². The molecule has 0 saturated heterocycles. The second kappa shape index (κ2) is 5.11. The summed E-state index contributed by atoms with van der Waals surface area (Å²) in [5, 5.41) is 12.4. The lowest BCUT2D eigenvalue weighted by Gasteiger charge is -2.31. The van der Waals surface area contributed by atoms with E-state index in [1.54, 1.807) is 0 Å². The zero-order chi connectivity index (χ0) is 14.0. The van der Waals surface area contributed by atoms with Crippen LogP contribution in [-0.4, -0.2) is 28.8 Å². The maximum Gasteiger partial charge on any atom is 0.354 e. The topological polar surface area (TPSA) is 84.9 Å². The summed E-state index contributed by atoms with van der Waals surface area (Å²) in [5.41, 5.74) is -0.454. The number of aliphatic hydroxyl groups excluding tert-OH is 1. The fraction of sp³-hybridized carbons (Fsp3) is 0.692. The van der Waals surface area contributed by atoms with Crippen LogP contribution in [0.1, 0.15) is 46.0 Å². The van der Waals surface area contributed by atoms with Gasteiger partial charge >= 0.3 is 11.9 Å². The number of cyclic esters (lactones) is 1. The van der Waals surface area contributed by atoms with E-state index >= 15 is 0 Å². The number of carbonyl (C=O) groups excluding carboxylic acids is 2. The highest BCUT2D eigenvalue weighted by atomic mass is 16.8. The van der Waals surface area contributed by atoms with Crippen LogP contribution in [0.4, 0.5) is 0 Å². The molecule has 2 N–H and O–H groups in total. The highest BCUT2D eigenvalue weighted by Crippen LogP contribution is 2.25. The van der Waals surface area contributed by atoms with E-state index in [2.05, 4.69) is 5.32 Å². The molecule has 1 saturated carbocycles. The van der Waals surface area contributed by atoms with Crippen LogP contribution in [0, 0.1) is 0 Å². The summed E-state index contributed by atoms with van der Waals surface area (Å²) in [7, 11) is 0. The molecule has 0 aromatic carbocycles. The normalized spacial score (nSPS) is 23.6. The zero-order valence-corrected chi connectivity index (χ0v) is 11.2. The van der Waals surface area contributed by atoms with Crippen LogP contribution in [0.25, 0.3) is 0 Å². The molecule has 0 atom stereocenters. The lowest BCUT2D eigenvalue weighted by Crippen LogP contribution is -2.44. The van der Waals surface area contributed by atoms with Crippen LogP contribution in [0.15, 0.2) is 11.5 Å². The fourth-order valence-electron chi connectivity index (χ4n) is 2.36. The van der Waals surface area contributed by atoms with Gasteiger partial charge in [0.25, 0.3) is 11.7 Å². The van der Waals surface area contributed by atoms with Crippen molar-refractivity contribution in [1.29, 1.82) is 0 Å². The van der Waals surface area contributed by atoms with Gasteiger partial charge in [-0.15, -0.1) is 0 Å². The minimum atomic E-state index is -1.25.